The number of hydrogen-bond donors (Lipinski definition) is 1. The van der Waals surface area contributed by atoms with Gasteiger partial charge in [-0.3, -0.25) is 0 Å². The Morgan fingerprint density at radius 1 is 1.64 bits per heavy atom. The summed E-state index contributed by atoms with van der Waals surface area (Å²) in [6.45, 7) is 7.41. The van der Waals surface area contributed by atoms with Crippen molar-refractivity contribution < 1.29 is 4.74 Å². The predicted molar refractivity (Wildman–Crippen MR) is 44.5 cm³/mol. The standard InChI is InChI=1S/C9H17NO/c1-3-11-6-9-4-8(9)5-10-7(9)2/h7-8,10H,3-6H2,1-2H3. The van der Waals surface area contributed by atoms with Gasteiger partial charge in [0.1, 0.15) is 0 Å². The Morgan fingerprint density at radius 3 is 2.91 bits per heavy atom. The lowest BCUT2D eigenvalue weighted by Gasteiger charge is -2.18. The summed E-state index contributed by atoms with van der Waals surface area (Å²) in [7, 11) is 0. The SMILES string of the molecule is CCOCC12CC1CNC2C. The lowest BCUT2D eigenvalue weighted by atomic mass is 10.00. The van der Waals surface area contributed by atoms with E-state index in [1.165, 1.54) is 13.0 Å². The van der Waals surface area contributed by atoms with Crippen LogP contribution in [0.1, 0.15) is 20.3 Å². The molecule has 2 aliphatic rings. The highest BCUT2D eigenvalue weighted by Gasteiger charge is 2.61. The molecule has 0 radical (unpaired) electrons. The average molecular weight is 155 g/mol. The second kappa shape index (κ2) is 2.46. The Balaban J connectivity index is 1.91. The monoisotopic (exact) mass is 155 g/mol. The van der Waals surface area contributed by atoms with Gasteiger partial charge in [0.05, 0.1) is 6.61 Å². The van der Waals surface area contributed by atoms with Crippen LogP contribution in [0.2, 0.25) is 0 Å². The first kappa shape index (κ1) is 7.56. The second-order valence-electron chi connectivity index (χ2n) is 3.90. The van der Waals surface area contributed by atoms with Crippen molar-refractivity contribution in [3.63, 3.8) is 0 Å². The van der Waals surface area contributed by atoms with Crippen molar-refractivity contribution in [2.24, 2.45) is 11.3 Å². The molecule has 1 N–H and O–H groups in total. The highest BCUT2D eigenvalue weighted by Crippen LogP contribution is 2.58. The first-order valence-corrected chi connectivity index (χ1v) is 4.60. The first-order valence-electron chi connectivity index (χ1n) is 4.60. The molecule has 1 heterocycles. The Morgan fingerprint density at radius 2 is 2.45 bits per heavy atom. The Kier molecular flexibility index (Phi) is 1.69. The maximum atomic E-state index is 5.49. The van der Waals surface area contributed by atoms with E-state index in [9.17, 15) is 0 Å². The van der Waals surface area contributed by atoms with Crippen LogP contribution >= 0.6 is 0 Å². The zero-order valence-electron chi connectivity index (χ0n) is 7.39. The van der Waals surface area contributed by atoms with Gasteiger partial charge in [0.2, 0.25) is 0 Å². The molecule has 0 aromatic rings. The van der Waals surface area contributed by atoms with E-state index in [0.717, 1.165) is 19.1 Å². The molecule has 2 heteroatoms. The highest BCUT2D eigenvalue weighted by molar-refractivity contribution is 5.13. The molecular weight excluding hydrogens is 138 g/mol. The van der Waals surface area contributed by atoms with Crippen LogP contribution in [0.5, 0.6) is 0 Å². The number of nitrogens with one attached hydrogen (secondary N) is 1. The molecule has 2 nitrogen and oxygen atoms in total. The molecule has 0 spiro atoms. The summed E-state index contributed by atoms with van der Waals surface area (Å²) in [6.07, 6.45) is 1.39. The summed E-state index contributed by atoms with van der Waals surface area (Å²) in [6, 6.07) is 0.680. The van der Waals surface area contributed by atoms with E-state index in [1.54, 1.807) is 0 Å². The van der Waals surface area contributed by atoms with Crippen LogP contribution in [0, 0.1) is 11.3 Å². The maximum Gasteiger partial charge on any atom is 0.0540 e. The number of rotatable bonds is 3. The molecule has 3 atom stereocenters. The third kappa shape index (κ3) is 1.00. The zero-order valence-corrected chi connectivity index (χ0v) is 7.39. The predicted octanol–water partition coefficient (Wildman–Crippen LogP) is 1.02. The van der Waals surface area contributed by atoms with E-state index in [4.69, 9.17) is 4.74 Å². The van der Waals surface area contributed by atoms with Gasteiger partial charge in [0, 0.05) is 18.1 Å². The number of hydrogen-bond acceptors (Lipinski definition) is 2. The van der Waals surface area contributed by atoms with E-state index in [2.05, 4.69) is 19.2 Å². The van der Waals surface area contributed by atoms with Gasteiger partial charge in [-0.2, -0.15) is 0 Å². The Bertz CT molecular complexity index is 160. The molecule has 0 aromatic heterocycles. The summed E-state index contributed by atoms with van der Waals surface area (Å²) >= 11 is 0. The highest BCUT2D eigenvalue weighted by atomic mass is 16.5. The lowest BCUT2D eigenvalue weighted by molar-refractivity contribution is 0.0902. The van der Waals surface area contributed by atoms with Crippen molar-refractivity contribution in [3.8, 4) is 0 Å². The topological polar surface area (TPSA) is 21.3 Å². The Hall–Kier alpha value is -0.0800. The van der Waals surface area contributed by atoms with Crippen LogP contribution in [0.25, 0.3) is 0 Å². The van der Waals surface area contributed by atoms with Crippen molar-refractivity contribution in [2.75, 3.05) is 19.8 Å². The second-order valence-corrected chi connectivity index (χ2v) is 3.90. The largest absolute Gasteiger partial charge is 0.381 e. The first-order chi connectivity index (χ1) is 5.29. The van der Waals surface area contributed by atoms with Crippen LogP contribution in [0.15, 0.2) is 0 Å². The van der Waals surface area contributed by atoms with E-state index >= 15 is 0 Å². The van der Waals surface area contributed by atoms with Gasteiger partial charge in [-0.25, -0.2) is 0 Å². The minimum absolute atomic E-state index is 0.538. The minimum Gasteiger partial charge on any atom is -0.381 e. The van der Waals surface area contributed by atoms with E-state index < -0.39 is 0 Å². The van der Waals surface area contributed by atoms with Crippen molar-refractivity contribution in [3.05, 3.63) is 0 Å². The molecule has 1 aliphatic carbocycles. The van der Waals surface area contributed by atoms with E-state index in [-0.39, 0.29) is 0 Å². The Labute approximate surface area is 68.3 Å². The molecule has 0 aromatic carbocycles. The normalized spacial score (nSPS) is 47.5. The number of piperidine rings is 1. The maximum absolute atomic E-state index is 5.49. The summed E-state index contributed by atoms with van der Waals surface area (Å²) < 4.78 is 5.49. The summed E-state index contributed by atoms with van der Waals surface area (Å²) in [5, 5.41) is 3.49. The molecule has 2 rings (SSSR count). The average Bonchev–Trinajstić information content (AvgIpc) is 2.65. The van der Waals surface area contributed by atoms with Gasteiger partial charge in [-0.05, 0) is 32.7 Å². The van der Waals surface area contributed by atoms with Crippen LogP contribution < -0.4 is 5.32 Å². The van der Waals surface area contributed by atoms with Crippen molar-refractivity contribution in [2.45, 2.75) is 26.3 Å². The third-order valence-corrected chi connectivity index (χ3v) is 3.39. The summed E-state index contributed by atoms with van der Waals surface area (Å²) in [5.74, 6) is 0.920. The quantitative estimate of drug-likeness (QED) is 0.657. The molecule has 0 bridgehead atoms. The van der Waals surface area contributed by atoms with Gasteiger partial charge < -0.3 is 10.1 Å². The lowest BCUT2D eigenvalue weighted by Crippen LogP contribution is -2.31. The van der Waals surface area contributed by atoms with Gasteiger partial charge in [-0.15, -0.1) is 0 Å². The molecule has 11 heavy (non-hydrogen) atoms. The molecule has 1 saturated carbocycles. The van der Waals surface area contributed by atoms with Gasteiger partial charge in [0.15, 0.2) is 0 Å². The molecule has 2 fully saturated rings. The minimum atomic E-state index is 0.538. The molecule has 1 saturated heterocycles. The van der Waals surface area contributed by atoms with Gasteiger partial charge >= 0.3 is 0 Å². The number of ether oxygens (including phenoxy) is 1. The van der Waals surface area contributed by atoms with Crippen LogP contribution in [0.3, 0.4) is 0 Å². The fraction of sp³-hybridized carbons (Fsp3) is 1.00. The van der Waals surface area contributed by atoms with Gasteiger partial charge in [-0.1, -0.05) is 0 Å². The van der Waals surface area contributed by atoms with Crippen LogP contribution in [-0.2, 0) is 4.74 Å². The van der Waals surface area contributed by atoms with E-state index in [1.807, 2.05) is 0 Å². The van der Waals surface area contributed by atoms with Crippen molar-refractivity contribution >= 4 is 0 Å². The smallest absolute Gasteiger partial charge is 0.0540 e. The fourth-order valence-electron chi connectivity index (χ4n) is 2.32. The van der Waals surface area contributed by atoms with Crippen molar-refractivity contribution in [1.82, 2.24) is 5.32 Å². The molecule has 0 amide bonds. The van der Waals surface area contributed by atoms with Gasteiger partial charge in [0.25, 0.3) is 0 Å². The molecule has 64 valence electrons. The fourth-order valence-corrected chi connectivity index (χ4v) is 2.32. The molecular formula is C9H17NO. The number of fused-ring (bicyclic) bond motifs is 1. The van der Waals surface area contributed by atoms with Crippen LogP contribution in [0.4, 0.5) is 0 Å². The molecule has 1 aliphatic heterocycles. The summed E-state index contributed by atoms with van der Waals surface area (Å²) in [5.41, 5.74) is 0.538. The third-order valence-electron chi connectivity index (χ3n) is 3.39. The molecule has 3 unspecified atom stereocenters. The van der Waals surface area contributed by atoms with Crippen LogP contribution in [-0.4, -0.2) is 25.8 Å². The summed E-state index contributed by atoms with van der Waals surface area (Å²) in [4.78, 5) is 0. The van der Waals surface area contributed by atoms with Crippen molar-refractivity contribution in [1.29, 1.82) is 0 Å². The van der Waals surface area contributed by atoms with E-state index in [0.29, 0.717) is 11.5 Å². The zero-order chi connectivity index (χ0) is 7.90.